The maximum Gasteiger partial charge on any atom is 0.411 e. The highest BCUT2D eigenvalue weighted by atomic mass is 16.6. The number of carboxylic acid groups (broad SMARTS) is 1. The van der Waals surface area contributed by atoms with Crippen molar-refractivity contribution in [2.75, 3.05) is 6.54 Å². The van der Waals surface area contributed by atoms with Crippen LogP contribution in [-0.4, -0.2) is 40.3 Å². The van der Waals surface area contributed by atoms with E-state index in [1.807, 2.05) is 30.3 Å². The first kappa shape index (κ1) is 15.4. The number of hydrogen-bond donors (Lipinski definition) is 1. The summed E-state index contributed by atoms with van der Waals surface area (Å²) >= 11 is 0. The molecule has 5 heteroatoms. The fraction of sp³-hybridized carbons (Fsp3) is 0.500. The Labute approximate surface area is 124 Å². The zero-order valence-electron chi connectivity index (χ0n) is 12.6. The number of likely N-dealkylation sites (tertiary alicyclic amines) is 1. The number of carbonyl (C=O) groups is 2. The van der Waals surface area contributed by atoms with Crippen molar-refractivity contribution < 1.29 is 19.4 Å². The third-order valence-corrected chi connectivity index (χ3v) is 3.51. The average molecular weight is 291 g/mol. The molecule has 0 aliphatic carbocycles. The zero-order valence-corrected chi connectivity index (χ0v) is 12.6. The van der Waals surface area contributed by atoms with Gasteiger partial charge in [-0.3, -0.25) is 4.90 Å². The van der Waals surface area contributed by atoms with E-state index in [0.717, 1.165) is 5.56 Å². The normalized spacial score (nSPS) is 22.1. The molecule has 21 heavy (non-hydrogen) atoms. The molecule has 1 saturated heterocycles. The van der Waals surface area contributed by atoms with Crippen LogP contribution in [-0.2, 0) is 9.53 Å². The number of nitrogens with zero attached hydrogens (tertiary/aromatic N) is 1. The highest BCUT2D eigenvalue weighted by Gasteiger charge is 2.44. The van der Waals surface area contributed by atoms with Gasteiger partial charge in [-0.05, 0) is 32.8 Å². The van der Waals surface area contributed by atoms with Crippen LogP contribution >= 0.6 is 0 Å². The van der Waals surface area contributed by atoms with Crippen LogP contribution in [0.5, 0.6) is 0 Å². The van der Waals surface area contributed by atoms with Crippen molar-refractivity contribution in [2.24, 2.45) is 0 Å². The molecule has 2 rings (SSSR count). The van der Waals surface area contributed by atoms with Crippen LogP contribution in [0.25, 0.3) is 0 Å². The van der Waals surface area contributed by atoms with Crippen molar-refractivity contribution in [3.05, 3.63) is 35.9 Å². The molecule has 0 saturated carbocycles. The molecule has 0 radical (unpaired) electrons. The zero-order chi connectivity index (χ0) is 15.6. The summed E-state index contributed by atoms with van der Waals surface area (Å²) in [5.41, 5.74) is 0.307. The quantitative estimate of drug-likeness (QED) is 0.909. The van der Waals surface area contributed by atoms with Crippen LogP contribution in [0.4, 0.5) is 4.79 Å². The fourth-order valence-corrected chi connectivity index (χ4v) is 2.67. The van der Waals surface area contributed by atoms with Crippen molar-refractivity contribution in [1.29, 1.82) is 0 Å². The Bertz CT molecular complexity index is 521. The first-order valence-electron chi connectivity index (χ1n) is 7.07. The summed E-state index contributed by atoms with van der Waals surface area (Å²) in [6.07, 6.45) is 0.0635. The topological polar surface area (TPSA) is 66.8 Å². The smallest absolute Gasteiger partial charge is 0.411 e. The maximum absolute atomic E-state index is 12.2. The SMILES string of the molecule is CC(C)(C)OC(=O)N1CCC(c2ccccc2)C1C(=O)O. The van der Waals surface area contributed by atoms with Gasteiger partial charge in [-0.25, -0.2) is 9.59 Å². The van der Waals surface area contributed by atoms with E-state index in [9.17, 15) is 14.7 Å². The summed E-state index contributed by atoms with van der Waals surface area (Å²) < 4.78 is 5.31. The highest BCUT2D eigenvalue weighted by molar-refractivity contribution is 5.82. The van der Waals surface area contributed by atoms with E-state index in [-0.39, 0.29) is 5.92 Å². The van der Waals surface area contributed by atoms with Crippen molar-refractivity contribution in [1.82, 2.24) is 4.90 Å². The van der Waals surface area contributed by atoms with Crippen LogP contribution in [0.1, 0.15) is 38.7 Å². The molecule has 0 aromatic heterocycles. The lowest BCUT2D eigenvalue weighted by molar-refractivity contribution is -0.142. The Morgan fingerprint density at radius 3 is 2.38 bits per heavy atom. The first-order chi connectivity index (χ1) is 9.79. The predicted molar refractivity (Wildman–Crippen MR) is 78.2 cm³/mol. The Balaban J connectivity index is 2.22. The second kappa shape index (κ2) is 5.76. The van der Waals surface area contributed by atoms with E-state index < -0.39 is 23.7 Å². The molecule has 0 spiro atoms. The number of rotatable bonds is 2. The van der Waals surface area contributed by atoms with Gasteiger partial charge in [0.15, 0.2) is 0 Å². The third-order valence-electron chi connectivity index (χ3n) is 3.51. The van der Waals surface area contributed by atoms with E-state index >= 15 is 0 Å². The molecule has 1 amide bonds. The molecule has 1 aromatic rings. The summed E-state index contributed by atoms with van der Waals surface area (Å²) in [5.74, 6) is -1.19. The maximum atomic E-state index is 12.2. The average Bonchev–Trinajstić information content (AvgIpc) is 2.82. The largest absolute Gasteiger partial charge is 0.480 e. The molecule has 1 aliphatic heterocycles. The summed E-state index contributed by atoms with van der Waals surface area (Å²) in [5, 5.41) is 9.51. The van der Waals surface area contributed by atoms with E-state index in [4.69, 9.17) is 4.74 Å². The van der Waals surface area contributed by atoms with Gasteiger partial charge in [0.1, 0.15) is 11.6 Å². The third kappa shape index (κ3) is 3.54. The number of hydrogen-bond acceptors (Lipinski definition) is 3. The fourth-order valence-electron chi connectivity index (χ4n) is 2.67. The van der Waals surface area contributed by atoms with Crippen molar-refractivity contribution in [3.63, 3.8) is 0 Å². The molecule has 0 bridgehead atoms. The lowest BCUT2D eigenvalue weighted by Crippen LogP contribution is -2.45. The minimum atomic E-state index is -0.993. The van der Waals surface area contributed by atoms with Gasteiger partial charge in [0.2, 0.25) is 0 Å². The van der Waals surface area contributed by atoms with Crippen molar-refractivity contribution >= 4 is 12.1 Å². The number of benzene rings is 1. The standard InChI is InChI=1S/C16H21NO4/c1-16(2,3)21-15(20)17-10-9-12(13(17)14(18)19)11-7-5-4-6-8-11/h4-8,12-13H,9-10H2,1-3H3,(H,18,19). The number of aliphatic carboxylic acids is 1. The summed E-state index contributed by atoms with van der Waals surface area (Å²) in [6.45, 7) is 5.70. The molecule has 114 valence electrons. The van der Waals surface area contributed by atoms with E-state index in [2.05, 4.69) is 0 Å². The minimum Gasteiger partial charge on any atom is -0.480 e. The molecule has 5 nitrogen and oxygen atoms in total. The molecule has 1 aliphatic rings. The number of carbonyl (C=O) groups excluding carboxylic acids is 1. The van der Waals surface area contributed by atoms with Crippen molar-refractivity contribution in [2.45, 2.75) is 44.8 Å². The second-order valence-electron chi connectivity index (χ2n) is 6.26. The number of carboxylic acids is 1. The van der Waals surface area contributed by atoms with Gasteiger partial charge in [0.25, 0.3) is 0 Å². The molecule has 1 heterocycles. The Morgan fingerprint density at radius 2 is 1.86 bits per heavy atom. The lowest BCUT2D eigenvalue weighted by atomic mass is 9.92. The summed E-state index contributed by atoms with van der Waals surface area (Å²) in [7, 11) is 0. The van der Waals surface area contributed by atoms with Crippen LogP contribution < -0.4 is 0 Å². The van der Waals surface area contributed by atoms with Crippen LogP contribution in [0.3, 0.4) is 0 Å². The van der Waals surface area contributed by atoms with Gasteiger partial charge in [0.05, 0.1) is 0 Å². The molecule has 2 atom stereocenters. The lowest BCUT2D eigenvalue weighted by Gasteiger charge is -2.28. The van der Waals surface area contributed by atoms with Crippen LogP contribution in [0.15, 0.2) is 30.3 Å². The molecule has 1 aromatic carbocycles. The van der Waals surface area contributed by atoms with E-state index in [1.54, 1.807) is 20.8 Å². The summed E-state index contributed by atoms with van der Waals surface area (Å²) in [6, 6.07) is 8.58. The Kier molecular flexibility index (Phi) is 4.21. The first-order valence-corrected chi connectivity index (χ1v) is 7.07. The highest BCUT2D eigenvalue weighted by Crippen LogP contribution is 2.34. The molecular weight excluding hydrogens is 270 g/mol. The number of ether oxygens (including phenoxy) is 1. The van der Waals surface area contributed by atoms with Gasteiger partial charge < -0.3 is 9.84 Å². The van der Waals surface area contributed by atoms with Crippen LogP contribution in [0.2, 0.25) is 0 Å². The Hall–Kier alpha value is -2.04. The van der Waals surface area contributed by atoms with Crippen molar-refractivity contribution in [3.8, 4) is 0 Å². The molecule has 1 N–H and O–H groups in total. The number of amides is 1. The monoisotopic (exact) mass is 291 g/mol. The van der Waals surface area contributed by atoms with E-state index in [1.165, 1.54) is 4.90 Å². The van der Waals surface area contributed by atoms with Crippen LogP contribution in [0, 0.1) is 0 Å². The van der Waals surface area contributed by atoms with Gasteiger partial charge in [0, 0.05) is 12.5 Å². The minimum absolute atomic E-state index is 0.198. The molecule has 1 fully saturated rings. The predicted octanol–water partition coefficient (Wildman–Crippen LogP) is 2.86. The molecule has 2 unspecified atom stereocenters. The Morgan fingerprint density at radius 1 is 1.24 bits per heavy atom. The molecular formula is C16H21NO4. The van der Waals surface area contributed by atoms with E-state index in [0.29, 0.717) is 13.0 Å². The van der Waals surface area contributed by atoms with Gasteiger partial charge in [-0.15, -0.1) is 0 Å². The summed E-state index contributed by atoms with van der Waals surface area (Å²) in [4.78, 5) is 25.1. The van der Waals surface area contributed by atoms with Gasteiger partial charge >= 0.3 is 12.1 Å². The van der Waals surface area contributed by atoms with Gasteiger partial charge in [-0.2, -0.15) is 0 Å². The van der Waals surface area contributed by atoms with Gasteiger partial charge in [-0.1, -0.05) is 30.3 Å². The second-order valence-corrected chi connectivity index (χ2v) is 6.26.